The highest BCUT2D eigenvalue weighted by Crippen LogP contribution is 2.24. The molecule has 0 saturated carbocycles. The Bertz CT molecular complexity index is 948. The summed E-state index contributed by atoms with van der Waals surface area (Å²) in [4.78, 5) is 39.9. The van der Waals surface area contributed by atoms with Crippen LogP contribution in [0.1, 0.15) is 17.4 Å². The Morgan fingerprint density at radius 3 is 2.19 bits per heavy atom. The van der Waals surface area contributed by atoms with Crippen LogP contribution in [0.4, 0.5) is 18.9 Å². The Balaban J connectivity index is 1.58. The molecule has 2 heterocycles. The van der Waals surface area contributed by atoms with Crippen molar-refractivity contribution in [1.29, 1.82) is 0 Å². The number of piperazine rings is 1. The summed E-state index contributed by atoms with van der Waals surface area (Å²) in [5.74, 6) is -1.12. The summed E-state index contributed by atoms with van der Waals surface area (Å²) >= 11 is 0. The molecule has 3 amide bonds. The highest BCUT2D eigenvalue weighted by atomic mass is 19.4. The molecule has 1 fully saturated rings. The van der Waals surface area contributed by atoms with E-state index in [0.717, 1.165) is 12.1 Å². The molecule has 166 valence electrons. The van der Waals surface area contributed by atoms with Crippen LogP contribution in [0, 0.1) is 0 Å². The molecule has 1 N–H and O–H groups in total. The zero-order valence-electron chi connectivity index (χ0n) is 16.7. The lowest BCUT2D eigenvalue weighted by Gasteiger charge is -2.34. The minimum absolute atomic E-state index is 0.0369. The standard InChI is InChI=1S/C20H21F3N4O4/c1-14(28)25-9-11-26(12-10-25)19(30)17-3-2-8-27(17)13-18(29)24-15-4-6-16(7-5-15)31-20(21,22)23/h2-8H,9-13H2,1H3,(H,24,29). The second-order valence-electron chi connectivity index (χ2n) is 6.94. The van der Waals surface area contributed by atoms with E-state index in [0.29, 0.717) is 37.6 Å². The van der Waals surface area contributed by atoms with Crippen molar-refractivity contribution >= 4 is 23.4 Å². The van der Waals surface area contributed by atoms with Crippen molar-refractivity contribution < 1.29 is 32.3 Å². The molecule has 1 aliphatic heterocycles. The largest absolute Gasteiger partial charge is 0.573 e. The quantitative estimate of drug-likeness (QED) is 0.777. The number of hydrogen-bond acceptors (Lipinski definition) is 4. The van der Waals surface area contributed by atoms with Crippen LogP contribution >= 0.6 is 0 Å². The molecule has 0 unspecified atom stereocenters. The number of nitrogens with one attached hydrogen (secondary N) is 1. The zero-order valence-corrected chi connectivity index (χ0v) is 16.7. The molecule has 3 rings (SSSR count). The van der Waals surface area contributed by atoms with E-state index in [-0.39, 0.29) is 18.4 Å². The van der Waals surface area contributed by atoms with Gasteiger partial charge < -0.3 is 24.4 Å². The van der Waals surface area contributed by atoms with Gasteiger partial charge in [0.05, 0.1) is 0 Å². The number of carbonyl (C=O) groups excluding carboxylic acids is 3. The molecular weight excluding hydrogens is 417 g/mol. The Morgan fingerprint density at radius 2 is 1.61 bits per heavy atom. The second-order valence-corrected chi connectivity index (χ2v) is 6.94. The van der Waals surface area contributed by atoms with E-state index in [1.54, 1.807) is 28.1 Å². The van der Waals surface area contributed by atoms with E-state index in [1.165, 1.54) is 23.6 Å². The van der Waals surface area contributed by atoms with Crippen LogP contribution in [0.5, 0.6) is 5.75 Å². The SMILES string of the molecule is CC(=O)N1CCN(C(=O)c2cccn2CC(=O)Nc2ccc(OC(F)(F)F)cc2)CC1. The maximum absolute atomic E-state index is 12.8. The predicted octanol–water partition coefficient (Wildman–Crippen LogP) is 2.33. The molecule has 0 bridgehead atoms. The van der Waals surface area contributed by atoms with Crippen LogP contribution in [-0.2, 0) is 16.1 Å². The molecule has 31 heavy (non-hydrogen) atoms. The van der Waals surface area contributed by atoms with Gasteiger partial charge in [-0.15, -0.1) is 13.2 Å². The van der Waals surface area contributed by atoms with Crippen LogP contribution in [0.3, 0.4) is 0 Å². The van der Waals surface area contributed by atoms with Gasteiger partial charge in [-0.2, -0.15) is 0 Å². The summed E-state index contributed by atoms with van der Waals surface area (Å²) in [7, 11) is 0. The second kappa shape index (κ2) is 9.11. The third kappa shape index (κ3) is 6.00. The van der Waals surface area contributed by atoms with Gasteiger partial charge in [0, 0.05) is 45.0 Å². The number of ether oxygens (including phenoxy) is 1. The van der Waals surface area contributed by atoms with Gasteiger partial charge >= 0.3 is 6.36 Å². The smallest absolute Gasteiger partial charge is 0.406 e. The van der Waals surface area contributed by atoms with Crippen molar-refractivity contribution in [3.63, 3.8) is 0 Å². The van der Waals surface area contributed by atoms with Gasteiger partial charge in [0.2, 0.25) is 11.8 Å². The molecule has 0 radical (unpaired) electrons. The van der Waals surface area contributed by atoms with Gasteiger partial charge in [0.1, 0.15) is 18.0 Å². The number of carbonyl (C=O) groups is 3. The van der Waals surface area contributed by atoms with Gasteiger partial charge in [0.15, 0.2) is 0 Å². The normalized spacial score (nSPS) is 14.3. The molecule has 1 aliphatic rings. The molecule has 1 aromatic heterocycles. The molecule has 8 nitrogen and oxygen atoms in total. The molecular formula is C20H21F3N4O4. The fourth-order valence-electron chi connectivity index (χ4n) is 3.23. The summed E-state index contributed by atoms with van der Waals surface area (Å²) in [5.41, 5.74) is 0.625. The van der Waals surface area contributed by atoms with Crippen molar-refractivity contribution in [2.75, 3.05) is 31.5 Å². The lowest BCUT2D eigenvalue weighted by Crippen LogP contribution is -2.50. The average Bonchev–Trinajstić information content (AvgIpc) is 3.15. The van der Waals surface area contributed by atoms with E-state index in [1.807, 2.05) is 0 Å². The third-order valence-corrected chi connectivity index (χ3v) is 4.75. The van der Waals surface area contributed by atoms with Gasteiger partial charge in [-0.1, -0.05) is 0 Å². The molecule has 0 spiro atoms. The highest BCUT2D eigenvalue weighted by molar-refractivity contribution is 5.95. The molecule has 0 atom stereocenters. The van der Waals surface area contributed by atoms with Crippen molar-refractivity contribution in [3.8, 4) is 5.75 Å². The van der Waals surface area contributed by atoms with Crippen LogP contribution in [0.15, 0.2) is 42.6 Å². The Morgan fingerprint density at radius 1 is 1.00 bits per heavy atom. The number of rotatable bonds is 5. The van der Waals surface area contributed by atoms with E-state index < -0.39 is 18.0 Å². The highest BCUT2D eigenvalue weighted by Gasteiger charge is 2.31. The first-order chi connectivity index (χ1) is 14.6. The first-order valence-electron chi connectivity index (χ1n) is 9.48. The van der Waals surface area contributed by atoms with Crippen LogP contribution in [0.25, 0.3) is 0 Å². The number of benzene rings is 1. The van der Waals surface area contributed by atoms with E-state index in [4.69, 9.17) is 0 Å². The van der Waals surface area contributed by atoms with Crippen molar-refractivity contribution in [2.45, 2.75) is 19.8 Å². The van der Waals surface area contributed by atoms with E-state index in [2.05, 4.69) is 10.1 Å². The summed E-state index contributed by atoms with van der Waals surface area (Å²) in [6.45, 7) is 3.05. The summed E-state index contributed by atoms with van der Waals surface area (Å²) in [6, 6.07) is 8.01. The number of anilines is 1. The molecule has 0 aliphatic carbocycles. The van der Waals surface area contributed by atoms with Crippen LogP contribution < -0.4 is 10.1 Å². The fraction of sp³-hybridized carbons (Fsp3) is 0.350. The number of nitrogens with zero attached hydrogens (tertiary/aromatic N) is 3. The number of alkyl halides is 3. The molecule has 1 saturated heterocycles. The van der Waals surface area contributed by atoms with Gasteiger partial charge in [-0.3, -0.25) is 14.4 Å². The monoisotopic (exact) mass is 438 g/mol. The average molecular weight is 438 g/mol. The minimum atomic E-state index is -4.79. The molecule has 2 aromatic rings. The Kier molecular flexibility index (Phi) is 6.52. The van der Waals surface area contributed by atoms with Crippen molar-refractivity contribution in [3.05, 3.63) is 48.3 Å². The lowest BCUT2D eigenvalue weighted by molar-refractivity contribution is -0.274. The van der Waals surface area contributed by atoms with Crippen molar-refractivity contribution in [1.82, 2.24) is 14.4 Å². The van der Waals surface area contributed by atoms with Gasteiger partial charge in [0.25, 0.3) is 5.91 Å². The summed E-state index contributed by atoms with van der Waals surface area (Å²) in [6.07, 6.45) is -3.19. The number of amides is 3. The lowest BCUT2D eigenvalue weighted by atomic mass is 10.2. The van der Waals surface area contributed by atoms with E-state index >= 15 is 0 Å². The Hall–Kier alpha value is -3.50. The predicted molar refractivity (Wildman–Crippen MR) is 104 cm³/mol. The maximum atomic E-state index is 12.8. The first kappa shape index (κ1) is 22.2. The first-order valence-corrected chi connectivity index (χ1v) is 9.48. The topological polar surface area (TPSA) is 83.9 Å². The van der Waals surface area contributed by atoms with Crippen molar-refractivity contribution in [2.24, 2.45) is 0 Å². The zero-order chi connectivity index (χ0) is 22.6. The fourth-order valence-corrected chi connectivity index (χ4v) is 3.23. The van der Waals surface area contributed by atoms with E-state index in [9.17, 15) is 27.6 Å². The van der Waals surface area contributed by atoms with Crippen LogP contribution in [-0.4, -0.2) is 64.6 Å². The van der Waals surface area contributed by atoms with Gasteiger partial charge in [-0.25, -0.2) is 0 Å². The summed E-state index contributed by atoms with van der Waals surface area (Å²) in [5, 5.41) is 2.57. The number of halogens is 3. The number of hydrogen-bond donors (Lipinski definition) is 1. The Labute approximate surface area is 176 Å². The molecule has 1 aromatic carbocycles. The minimum Gasteiger partial charge on any atom is -0.406 e. The van der Waals surface area contributed by atoms with Crippen LogP contribution in [0.2, 0.25) is 0 Å². The maximum Gasteiger partial charge on any atom is 0.573 e. The summed E-state index contributed by atoms with van der Waals surface area (Å²) < 4.78 is 41.9. The van der Waals surface area contributed by atoms with Gasteiger partial charge in [-0.05, 0) is 36.4 Å². The third-order valence-electron chi connectivity index (χ3n) is 4.75. The number of aromatic nitrogens is 1. The molecule has 11 heteroatoms.